The summed E-state index contributed by atoms with van der Waals surface area (Å²) >= 11 is 0. The average Bonchev–Trinajstić information content (AvgIpc) is 3.17. The molecule has 0 amide bonds. The molecule has 23 heavy (non-hydrogen) atoms. The number of nitrogens with zero attached hydrogens (tertiary/aromatic N) is 5. The lowest BCUT2D eigenvalue weighted by Crippen LogP contribution is -2.43. The Labute approximate surface area is 138 Å². The van der Waals surface area contributed by atoms with Crippen molar-refractivity contribution >= 4 is 5.96 Å². The molecule has 2 atom stereocenters. The molecule has 1 fully saturated rings. The summed E-state index contributed by atoms with van der Waals surface area (Å²) in [6, 6.07) is 0.602. The fourth-order valence-corrected chi connectivity index (χ4v) is 3.73. The molecule has 2 aliphatic rings. The van der Waals surface area contributed by atoms with E-state index >= 15 is 0 Å². The second-order valence-electron chi connectivity index (χ2n) is 6.71. The number of nitrogens with two attached hydrogens (primary N) is 1. The molecule has 3 rings (SSSR count). The minimum absolute atomic E-state index is 0.524. The summed E-state index contributed by atoms with van der Waals surface area (Å²) < 4.78 is 2.21. The maximum atomic E-state index is 6.05. The van der Waals surface area contributed by atoms with Crippen LogP contribution < -0.4 is 11.1 Å². The van der Waals surface area contributed by atoms with Crippen molar-refractivity contribution in [2.45, 2.75) is 52.1 Å². The van der Waals surface area contributed by atoms with Gasteiger partial charge in [-0.05, 0) is 45.2 Å². The SMILES string of the molecule is CCN1CCCC1CNC(N)=NCC1CCc2nnc(C)n2C1. The number of aromatic nitrogens is 3. The Bertz CT molecular complexity index is 551. The van der Waals surface area contributed by atoms with Crippen molar-refractivity contribution in [2.24, 2.45) is 16.6 Å². The zero-order valence-corrected chi connectivity index (χ0v) is 14.3. The molecule has 0 radical (unpaired) electrons. The number of nitrogens with one attached hydrogen (secondary N) is 1. The monoisotopic (exact) mass is 319 g/mol. The second kappa shape index (κ2) is 7.29. The van der Waals surface area contributed by atoms with Crippen LogP contribution in [0.2, 0.25) is 0 Å². The Morgan fingerprint density at radius 3 is 3.09 bits per heavy atom. The number of likely N-dealkylation sites (tertiary alicyclic amines) is 1. The van der Waals surface area contributed by atoms with Crippen LogP contribution in [0.4, 0.5) is 0 Å². The number of likely N-dealkylation sites (N-methyl/N-ethyl adjacent to an activating group) is 1. The summed E-state index contributed by atoms with van der Waals surface area (Å²) in [4.78, 5) is 7.07. The van der Waals surface area contributed by atoms with E-state index in [0.717, 1.165) is 50.7 Å². The molecule has 0 saturated carbocycles. The number of hydrogen-bond acceptors (Lipinski definition) is 4. The molecule has 3 N–H and O–H groups in total. The van der Waals surface area contributed by atoms with Crippen LogP contribution in [0.3, 0.4) is 0 Å². The van der Waals surface area contributed by atoms with E-state index in [4.69, 9.17) is 5.73 Å². The van der Waals surface area contributed by atoms with Gasteiger partial charge in [0.25, 0.3) is 0 Å². The predicted molar refractivity (Wildman–Crippen MR) is 91.3 cm³/mol. The van der Waals surface area contributed by atoms with E-state index in [0.29, 0.717) is 17.9 Å². The average molecular weight is 319 g/mol. The Kier molecular flexibility index (Phi) is 5.15. The molecule has 128 valence electrons. The molecule has 2 unspecified atom stereocenters. The Morgan fingerprint density at radius 1 is 1.39 bits per heavy atom. The van der Waals surface area contributed by atoms with Crippen LogP contribution in [0.5, 0.6) is 0 Å². The normalized spacial score (nSPS) is 25.6. The first kappa shape index (κ1) is 16.2. The first-order valence-electron chi connectivity index (χ1n) is 8.84. The number of hydrogen-bond donors (Lipinski definition) is 2. The fourth-order valence-electron chi connectivity index (χ4n) is 3.73. The van der Waals surface area contributed by atoms with Gasteiger partial charge in [0.1, 0.15) is 11.6 Å². The molecule has 0 aliphatic carbocycles. The van der Waals surface area contributed by atoms with Crippen LogP contribution in [0.1, 0.15) is 37.8 Å². The summed E-state index contributed by atoms with van der Waals surface area (Å²) in [6.07, 6.45) is 4.65. The van der Waals surface area contributed by atoms with E-state index in [2.05, 4.69) is 36.9 Å². The van der Waals surface area contributed by atoms with E-state index in [-0.39, 0.29) is 0 Å². The quantitative estimate of drug-likeness (QED) is 0.611. The molecular weight excluding hydrogens is 290 g/mol. The van der Waals surface area contributed by atoms with Gasteiger partial charge in [0.15, 0.2) is 5.96 Å². The van der Waals surface area contributed by atoms with Crippen molar-refractivity contribution in [3.63, 3.8) is 0 Å². The topological polar surface area (TPSA) is 84.4 Å². The fraction of sp³-hybridized carbons (Fsp3) is 0.812. The molecular formula is C16H29N7. The zero-order valence-electron chi connectivity index (χ0n) is 14.3. The van der Waals surface area contributed by atoms with Crippen LogP contribution >= 0.6 is 0 Å². The van der Waals surface area contributed by atoms with Crippen LogP contribution in [0, 0.1) is 12.8 Å². The van der Waals surface area contributed by atoms with Crippen molar-refractivity contribution in [1.29, 1.82) is 0 Å². The van der Waals surface area contributed by atoms with Crippen molar-refractivity contribution in [3.8, 4) is 0 Å². The molecule has 3 heterocycles. The summed E-state index contributed by atoms with van der Waals surface area (Å²) in [7, 11) is 0. The van der Waals surface area contributed by atoms with E-state index in [1.807, 2.05) is 6.92 Å². The summed E-state index contributed by atoms with van der Waals surface area (Å²) in [5.74, 6) is 3.21. The van der Waals surface area contributed by atoms with Crippen molar-refractivity contribution < 1.29 is 0 Å². The van der Waals surface area contributed by atoms with E-state index < -0.39 is 0 Å². The number of rotatable bonds is 5. The predicted octanol–water partition coefficient (Wildman–Crippen LogP) is 0.538. The summed E-state index contributed by atoms with van der Waals surface area (Å²) in [5.41, 5.74) is 6.05. The van der Waals surface area contributed by atoms with Gasteiger partial charge in [0, 0.05) is 32.1 Å². The summed E-state index contributed by atoms with van der Waals surface area (Å²) in [6.45, 7) is 9.20. The number of guanidine groups is 1. The van der Waals surface area contributed by atoms with Gasteiger partial charge in [0.2, 0.25) is 0 Å². The Balaban J connectivity index is 1.45. The van der Waals surface area contributed by atoms with E-state index in [1.165, 1.54) is 19.4 Å². The Morgan fingerprint density at radius 2 is 2.26 bits per heavy atom. The molecule has 0 aromatic carbocycles. The van der Waals surface area contributed by atoms with Gasteiger partial charge in [-0.2, -0.15) is 0 Å². The van der Waals surface area contributed by atoms with Gasteiger partial charge in [-0.3, -0.25) is 9.89 Å². The third-order valence-corrected chi connectivity index (χ3v) is 5.17. The molecule has 7 heteroatoms. The highest BCUT2D eigenvalue weighted by Crippen LogP contribution is 2.20. The molecule has 1 aromatic rings. The minimum Gasteiger partial charge on any atom is -0.370 e. The van der Waals surface area contributed by atoms with Crippen LogP contribution in [-0.4, -0.2) is 57.8 Å². The molecule has 7 nitrogen and oxygen atoms in total. The second-order valence-corrected chi connectivity index (χ2v) is 6.71. The number of fused-ring (bicyclic) bond motifs is 1. The molecule has 2 aliphatic heterocycles. The van der Waals surface area contributed by atoms with Gasteiger partial charge in [-0.1, -0.05) is 6.92 Å². The van der Waals surface area contributed by atoms with Crippen molar-refractivity contribution in [1.82, 2.24) is 25.0 Å². The first-order valence-corrected chi connectivity index (χ1v) is 8.84. The molecule has 1 saturated heterocycles. The third-order valence-electron chi connectivity index (χ3n) is 5.17. The summed E-state index contributed by atoms with van der Waals surface area (Å²) in [5, 5.41) is 11.7. The largest absolute Gasteiger partial charge is 0.370 e. The smallest absolute Gasteiger partial charge is 0.188 e. The van der Waals surface area contributed by atoms with Gasteiger partial charge < -0.3 is 15.6 Å². The molecule has 1 aromatic heterocycles. The van der Waals surface area contributed by atoms with Gasteiger partial charge in [-0.25, -0.2) is 0 Å². The van der Waals surface area contributed by atoms with Crippen LogP contribution in [0.25, 0.3) is 0 Å². The zero-order chi connectivity index (χ0) is 16.2. The third kappa shape index (κ3) is 3.83. The highest BCUT2D eigenvalue weighted by Gasteiger charge is 2.23. The Hall–Kier alpha value is -1.63. The molecule has 0 spiro atoms. The highest BCUT2D eigenvalue weighted by molar-refractivity contribution is 5.77. The van der Waals surface area contributed by atoms with Gasteiger partial charge in [-0.15, -0.1) is 10.2 Å². The first-order chi connectivity index (χ1) is 11.2. The van der Waals surface area contributed by atoms with Crippen molar-refractivity contribution in [3.05, 3.63) is 11.6 Å². The number of aryl methyl sites for hydroxylation is 2. The maximum Gasteiger partial charge on any atom is 0.188 e. The maximum absolute atomic E-state index is 6.05. The lowest BCUT2D eigenvalue weighted by Gasteiger charge is -2.24. The number of aliphatic imine (C=N–C) groups is 1. The minimum atomic E-state index is 0.524. The standard InChI is InChI=1S/C16H29N7/c1-3-22-8-4-5-14(22)10-19-16(17)18-9-13-6-7-15-21-20-12(2)23(15)11-13/h13-14H,3-11H2,1-2H3,(H3,17,18,19). The van der Waals surface area contributed by atoms with Crippen LogP contribution in [-0.2, 0) is 13.0 Å². The molecule has 0 bridgehead atoms. The van der Waals surface area contributed by atoms with Gasteiger partial charge >= 0.3 is 0 Å². The lowest BCUT2D eigenvalue weighted by molar-refractivity contribution is 0.267. The van der Waals surface area contributed by atoms with Gasteiger partial charge in [0.05, 0.1) is 0 Å². The lowest BCUT2D eigenvalue weighted by atomic mass is 9.99. The van der Waals surface area contributed by atoms with E-state index in [9.17, 15) is 0 Å². The van der Waals surface area contributed by atoms with Crippen molar-refractivity contribution in [2.75, 3.05) is 26.2 Å². The van der Waals surface area contributed by atoms with Crippen LogP contribution in [0.15, 0.2) is 4.99 Å². The highest BCUT2D eigenvalue weighted by atomic mass is 15.3. The van der Waals surface area contributed by atoms with E-state index in [1.54, 1.807) is 0 Å².